The number of benzene rings is 1. The van der Waals surface area contributed by atoms with E-state index in [1.54, 1.807) is 25.4 Å². The summed E-state index contributed by atoms with van der Waals surface area (Å²) >= 11 is 10.0. The number of rotatable bonds is 6. The van der Waals surface area contributed by atoms with Crippen molar-refractivity contribution in [1.82, 2.24) is 14.8 Å². The monoisotopic (exact) mass is 571 g/mol. The van der Waals surface area contributed by atoms with Gasteiger partial charge in [0.05, 0.1) is 11.6 Å². The molecule has 0 saturated carbocycles. The third-order valence-electron chi connectivity index (χ3n) is 5.04. The Balaban J connectivity index is 1.84. The van der Waals surface area contributed by atoms with Gasteiger partial charge in [-0.3, -0.25) is 9.36 Å². The molecule has 10 heteroatoms. The number of nitrogens with zero attached hydrogens (tertiary/aromatic N) is 3. The van der Waals surface area contributed by atoms with Crippen LogP contribution < -0.4 is 4.74 Å². The van der Waals surface area contributed by atoms with E-state index in [-0.39, 0.29) is 0 Å². The normalized spacial score (nSPS) is 14.4. The van der Waals surface area contributed by atoms with Crippen molar-refractivity contribution in [2.75, 3.05) is 7.11 Å². The number of fused-ring (bicyclic) bond motifs is 1. The highest BCUT2D eigenvalue weighted by Crippen LogP contribution is 2.45. The molecule has 1 atom stereocenters. The maximum Gasteiger partial charge on any atom is 0.316 e. The van der Waals surface area contributed by atoms with Gasteiger partial charge in [-0.15, -0.1) is 21.5 Å². The Labute approximate surface area is 199 Å². The number of hydrogen-bond donors (Lipinski definition) is 1. The molecule has 30 heavy (non-hydrogen) atoms. The first-order valence-corrected chi connectivity index (χ1v) is 12.7. The average Bonchev–Trinajstić information content (AvgIpc) is 3.28. The zero-order valence-electron chi connectivity index (χ0n) is 16.3. The molecule has 2 heterocycles. The lowest BCUT2D eigenvalue weighted by Crippen LogP contribution is -2.13. The summed E-state index contributed by atoms with van der Waals surface area (Å²) in [6.45, 7) is 1.66. The van der Waals surface area contributed by atoms with E-state index in [0.29, 0.717) is 9.89 Å². The number of carboxylic acids is 1. The van der Waals surface area contributed by atoms with Crippen molar-refractivity contribution in [3.8, 4) is 21.2 Å². The van der Waals surface area contributed by atoms with Gasteiger partial charge in [-0.1, -0.05) is 11.8 Å². The molecular weight excluding hydrogens is 554 g/mol. The number of carbonyl (C=O) groups is 1. The molecule has 1 N–H and O–H groups in total. The van der Waals surface area contributed by atoms with Gasteiger partial charge in [-0.2, -0.15) is 0 Å². The number of aliphatic carboxylic acids is 1. The van der Waals surface area contributed by atoms with Gasteiger partial charge in [0.1, 0.15) is 16.0 Å². The fourth-order valence-corrected chi connectivity index (χ4v) is 6.99. The average molecular weight is 573 g/mol. The van der Waals surface area contributed by atoms with Crippen LogP contribution in [0.1, 0.15) is 30.9 Å². The number of halogens is 2. The summed E-state index contributed by atoms with van der Waals surface area (Å²) in [6.07, 6.45) is 4.31. The second-order valence-corrected chi connectivity index (χ2v) is 10.8. The molecule has 0 saturated heterocycles. The first kappa shape index (κ1) is 21.9. The quantitative estimate of drug-likeness (QED) is 0.366. The van der Waals surface area contributed by atoms with E-state index in [1.807, 2.05) is 10.6 Å². The van der Waals surface area contributed by atoms with E-state index in [1.165, 1.54) is 27.8 Å². The molecular formula is C20H19Br2N3O3S2. The van der Waals surface area contributed by atoms with Gasteiger partial charge in [0.25, 0.3) is 0 Å². The van der Waals surface area contributed by atoms with Crippen LogP contribution in [0.25, 0.3) is 15.4 Å². The molecule has 0 aliphatic heterocycles. The number of carboxylic acid groups (broad SMARTS) is 1. The van der Waals surface area contributed by atoms with E-state index < -0.39 is 11.2 Å². The summed E-state index contributed by atoms with van der Waals surface area (Å²) in [5.41, 5.74) is 3.80. The van der Waals surface area contributed by atoms with Crippen molar-refractivity contribution >= 4 is 60.9 Å². The summed E-state index contributed by atoms with van der Waals surface area (Å²) in [6, 6.07) is 6.14. The molecule has 0 amide bonds. The third kappa shape index (κ3) is 4.06. The van der Waals surface area contributed by atoms with Crippen molar-refractivity contribution < 1.29 is 14.6 Å². The Kier molecular flexibility index (Phi) is 6.57. The van der Waals surface area contributed by atoms with Crippen molar-refractivity contribution in [2.45, 2.75) is 43.0 Å². The molecule has 158 valence electrons. The number of methoxy groups -OCH3 is 1. The minimum atomic E-state index is -0.873. The highest BCUT2D eigenvalue weighted by Gasteiger charge is 2.27. The van der Waals surface area contributed by atoms with Crippen molar-refractivity contribution in [2.24, 2.45) is 0 Å². The molecule has 4 rings (SSSR count). The smallest absolute Gasteiger partial charge is 0.316 e. The minimum Gasteiger partial charge on any atom is -0.496 e. The fourth-order valence-electron chi connectivity index (χ4n) is 3.54. The molecule has 1 unspecified atom stereocenters. The summed E-state index contributed by atoms with van der Waals surface area (Å²) in [4.78, 5) is 12.6. The van der Waals surface area contributed by atoms with Crippen LogP contribution in [0.4, 0.5) is 0 Å². The Morgan fingerprint density at radius 3 is 2.67 bits per heavy atom. The number of ether oxygens (including phenoxy) is 1. The van der Waals surface area contributed by atoms with Crippen LogP contribution in [0.15, 0.2) is 32.6 Å². The van der Waals surface area contributed by atoms with E-state index >= 15 is 0 Å². The van der Waals surface area contributed by atoms with Gasteiger partial charge >= 0.3 is 5.97 Å². The molecule has 1 aromatic carbocycles. The Bertz CT molecular complexity index is 1110. The molecule has 1 aliphatic rings. The molecule has 2 aromatic heterocycles. The molecule has 0 spiro atoms. The fraction of sp³-hybridized carbons (Fsp3) is 0.350. The molecule has 6 nitrogen and oxygen atoms in total. The lowest BCUT2D eigenvalue weighted by Gasteiger charge is -2.16. The van der Waals surface area contributed by atoms with Crippen LogP contribution in [0.5, 0.6) is 5.75 Å². The highest BCUT2D eigenvalue weighted by molar-refractivity contribution is 9.10. The molecule has 1 aliphatic carbocycles. The van der Waals surface area contributed by atoms with Crippen LogP contribution in [0, 0.1) is 0 Å². The third-order valence-corrected chi connectivity index (χ3v) is 8.51. The lowest BCUT2D eigenvalue weighted by atomic mass is 9.91. The Morgan fingerprint density at radius 2 is 2.00 bits per heavy atom. The Hall–Kier alpha value is -1.36. The highest BCUT2D eigenvalue weighted by atomic mass is 79.9. The van der Waals surface area contributed by atoms with Gasteiger partial charge < -0.3 is 9.84 Å². The molecule has 0 bridgehead atoms. The van der Waals surface area contributed by atoms with Crippen molar-refractivity contribution in [1.29, 1.82) is 0 Å². The molecule has 0 fully saturated rings. The summed E-state index contributed by atoms with van der Waals surface area (Å²) in [5.74, 6) is -0.0741. The maximum absolute atomic E-state index is 11.4. The van der Waals surface area contributed by atoms with E-state index in [2.05, 4.69) is 54.2 Å². The standard InChI is InChI=1S/C20H19Br2N3O3S2/c1-10(18(26)27)29-20-24-23-19(22)25(20)17-13-6-4-3-5-12(13)16(30-17)11-7-8-15(28-2)14(21)9-11/h7-10H,3-6H2,1-2H3,(H,26,27). The SMILES string of the molecule is COc1ccc(-c2sc(-n3c(Br)nnc3SC(C)C(=O)O)c3c2CCCC3)cc1Br. The van der Waals surface area contributed by atoms with E-state index in [4.69, 9.17) is 4.74 Å². The van der Waals surface area contributed by atoms with Crippen LogP contribution in [-0.2, 0) is 17.6 Å². The second-order valence-electron chi connectivity index (χ2n) is 6.94. The lowest BCUT2D eigenvalue weighted by molar-refractivity contribution is -0.136. The van der Waals surface area contributed by atoms with Crippen molar-refractivity contribution in [3.05, 3.63) is 38.5 Å². The van der Waals surface area contributed by atoms with E-state index in [0.717, 1.165) is 46.5 Å². The van der Waals surface area contributed by atoms with Gasteiger partial charge in [0, 0.05) is 4.88 Å². The number of hydrogen-bond acceptors (Lipinski definition) is 6. The topological polar surface area (TPSA) is 77.2 Å². The summed E-state index contributed by atoms with van der Waals surface area (Å²) in [5, 5.41) is 18.7. The van der Waals surface area contributed by atoms with Crippen LogP contribution in [0.3, 0.4) is 0 Å². The van der Waals surface area contributed by atoms with Gasteiger partial charge in [-0.05, 0) is 99.4 Å². The first-order chi connectivity index (χ1) is 14.4. The van der Waals surface area contributed by atoms with Crippen LogP contribution >= 0.6 is 55.0 Å². The van der Waals surface area contributed by atoms with Gasteiger partial charge in [0.2, 0.25) is 4.73 Å². The largest absolute Gasteiger partial charge is 0.496 e. The number of thiophene rings is 1. The van der Waals surface area contributed by atoms with Crippen LogP contribution in [-0.4, -0.2) is 38.2 Å². The minimum absolute atomic E-state index is 0.578. The van der Waals surface area contributed by atoms with E-state index in [9.17, 15) is 9.90 Å². The van der Waals surface area contributed by atoms with Gasteiger partial charge in [0.15, 0.2) is 5.16 Å². The number of aromatic nitrogens is 3. The number of thioether (sulfide) groups is 1. The first-order valence-electron chi connectivity index (χ1n) is 9.40. The Morgan fingerprint density at radius 1 is 1.27 bits per heavy atom. The molecule has 3 aromatic rings. The van der Waals surface area contributed by atoms with Crippen molar-refractivity contribution in [3.63, 3.8) is 0 Å². The summed E-state index contributed by atoms with van der Waals surface area (Å²) < 4.78 is 8.82. The second kappa shape index (κ2) is 9.02. The molecule has 0 radical (unpaired) electrons. The maximum atomic E-state index is 11.4. The predicted molar refractivity (Wildman–Crippen MR) is 126 cm³/mol. The van der Waals surface area contributed by atoms with Crippen LogP contribution in [0.2, 0.25) is 0 Å². The summed E-state index contributed by atoms with van der Waals surface area (Å²) in [7, 11) is 1.66. The zero-order chi connectivity index (χ0) is 21.4. The zero-order valence-corrected chi connectivity index (χ0v) is 21.1. The van der Waals surface area contributed by atoms with Gasteiger partial charge in [-0.25, -0.2) is 0 Å². The predicted octanol–water partition coefficient (Wildman–Crippen LogP) is 5.97.